The van der Waals surface area contributed by atoms with Crippen LogP contribution in [0.25, 0.3) is 5.65 Å². The molecule has 1 aromatic carbocycles. The summed E-state index contributed by atoms with van der Waals surface area (Å²) in [6, 6.07) is 9.73. The number of hydrogen-bond donors (Lipinski definition) is 0. The van der Waals surface area contributed by atoms with Gasteiger partial charge in [0, 0.05) is 6.20 Å². The lowest BCUT2D eigenvalue weighted by atomic mass is 10.2. The first-order valence-corrected chi connectivity index (χ1v) is 6.01. The summed E-state index contributed by atoms with van der Waals surface area (Å²) >= 11 is 5.62. The SMILES string of the molecule is O=c1n(Cc2ccc(Cl)c(F)c2)nc2ccccn12. The topological polar surface area (TPSA) is 39.3 Å². The second-order valence-corrected chi connectivity index (χ2v) is 4.52. The van der Waals surface area contributed by atoms with Crippen molar-refractivity contribution in [3.8, 4) is 0 Å². The van der Waals surface area contributed by atoms with E-state index in [-0.39, 0.29) is 17.3 Å². The van der Waals surface area contributed by atoms with Crippen molar-refractivity contribution in [3.05, 3.63) is 69.5 Å². The number of rotatable bonds is 2. The van der Waals surface area contributed by atoms with Crippen molar-refractivity contribution < 1.29 is 4.39 Å². The molecule has 4 nitrogen and oxygen atoms in total. The molecule has 0 aliphatic carbocycles. The molecule has 0 saturated carbocycles. The summed E-state index contributed by atoms with van der Waals surface area (Å²) in [6.45, 7) is 0.203. The summed E-state index contributed by atoms with van der Waals surface area (Å²) in [5.74, 6) is -0.504. The first kappa shape index (κ1) is 11.9. The maximum absolute atomic E-state index is 13.3. The summed E-state index contributed by atoms with van der Waals surface area (Å²) in [4.78, 5) is 12.0. The van der Waals surface area contributed by atoms with Crippen molar-refractivity contribution in [2.75, 3.05) is 0 Å². The normalized spacial score (nSPS) is 11.1. The Morgan fingerprint density at radius 1 is 1.26 bits per heavy atom. The van der Waals surface area contributed by atoms with E-state index in [9.17, 15) is 9.18 Å². The van der Waals surface area contributed by atoms with Gasteiger partial charge >= 0.3 is 5.69 Å². The van der Waals surface area contributed by atoms with Gasteiger partial charge in [0.2, 0.25) is 0 Å². The molecule has 19 heavy (non-hydrogen) atoms. The Labute approximate surface area is 112 Å². The van der Waals surface area contributed by atoms with Gasteiger partial charge in [0.1, 0.15) is 5.82 Å². The van der Waals surface area contributed by atoms with Crippen LogP contribution >= 0.6 is 11.6 Å². The Morgan fingerprint density at radius 2 is 2.11 bits per heavy atom. The van der Waals surface area contributed by atoms with Crippen LogP contribution in [0.3, 0.4) is 0 Å². The first-order chi connectivity index (χ1) is 9.15. The van der Waals surface area contributed by atoms with E-state index in [1.54, 1.807) is 30.5 Å². The lowest BCUT2D eigenvalue weighted by Gasteiger charge is -2.01. The van der Waals surface area contributed by atoms with E-state index < -0.39 is 5.82 Å². The van der Waals surface area contributed by atoms with Gasteiger partial charge in [-0.05, 0) is 29.8 Å². The lowest BCUT2D eigenvalue weighted by Crippen LogP contribution is -2.21. The highest BCUT2D eigenvalue weighted by atomic mass is 35.5. The smallest absolute Gasteiger partial charge is 0.250 e. The highest BCUT2D eigenvalue weighted by Gasteiger charge is 2.07. The first-order valence-electron chi connectivity index (χ1n) is 5.63. The largest absolute Gasteiger partial charge is 0.350 e. The third-order valence-corrected chi connectivity index (χ3v) is 3.11. The van der Waals surface area contributed by atoms with Crippen molar-refractivity contribution >= 4 is 17.2 Å². The van der Waals surface area contributed by atoms with E-state index in [2.05, 4.69) is 5.10 Å². The minimum Gasteiger partial charge on any atom is -0.250 e. The molecule has 3 rings (SSSR count). The van der Waals surface area contributed by atoms with Gasteiger partial charge in [-0.2, -0.15) is 0 Å². The van der Waals surface area contributed by atoms with Gasteiger partial charge in [0.05, 0.1) is 11.6 Å². The zero-order valence-electron chi connectivity index (χ0n) is 9.75. The number of halogens is 2. The number of nitrogens with zero attached hydrogens (tertiary/aromatic N) is 3. The van der Waals surface area contributed by atoms with Gasteiger partial charge in [0.15, 0.2) is 5.65 Å². The molecule has 0 radical (unpaired) electrons. The molecule has 0 aliphatic heterocycles. The standard InChI is InChI=1S/C13H9ClFN3O/c14-10-5-4-9(7-11(10)15)8-18-13(19)17-6-2-1-3-12(17)16-18/h1-7H,8H2. The van der Waals surface area contributed by atoms with Crippen molar-refractivity contribution in [3.63, 3.8) is 0 Å². The molecule has 6 heteroatoms. The van der Waals surface area contributed by atoms with Crippen molar-refractivity contribution in [2.24, 2.45) is 0 Å². The summed E-state index contributed by atoms with van der Waals surface area (Å²) in [7, 11) is 0. The van der Waals surface area contributed by atoms with E-state index in [4.69, 9.17) is 11.6 Å². The lowest BCUT2D eigenvalue weighted by molar-refractivity contribution is 0.616. The Kier molecular flexibility index (Phi) is 2.83. The average Bonchev–Trinajstić information content (AvgIpc) is 2.72. The fourth-order valence-corrected chi connectivity index (χ4v) is 2.00. The second kappa shape index (κ2) is 4.51. The van der Waals surface area contributed by atoms with E-state index in [1.165, 1.54) is 21.2 Å². The van der Waals surface area contributed by atoms with Crippen molar-refractivity contribution in [1.29, 1.82) is 0 Å². The third-order valence-electron chi connectivity index (χ3n) is 2.80. The van der Waals surface area contributed by atoms with Crippen LogP contribution in [0, 0.1) is 5.82 Å². The van der Waals surface area contributed by atoms with Crippen LogP contribution in [0.2, 0.25) is 5.02 Å². The number of benzene rings is 1. The van der Waals surface area contributed by atoms with Gasteiger partial charge < -0.3 is 0 Å². The molecule has 0 atom stereocenters. The van der Waals surface area contributed by atoms with Crippen molar-refractivity contribution in [1.82, 2.24) is 14.2 Å². The maximum Gasteiger partial charge on any atom is 0.350 e. The zero-order chi connectivity index (χ0) is 13.4. The molecule has 0 fully saturated rings. The van der Waals surface area contributed by atoms with Crippen LogP contribution in [-0.4, -0.2) is 14.2 Å². The minimum atomic E-state index is -0.504. The molecule has 96 valence electrons. The number of fused-ring (bicyclic) bond motifs is 1. The highest BCUT2D eigenvalue weighted by molar-refractivity contribution is 6.30. The number of pyridine rings is 1. The van der Waals surface area contributed by atoms with Gasteiger partial charge in [-0.25, -0.2) is 13.9 Å². The molecule has 0 spiro atoms. The third kappa shape index (κ3) is 2.13. The Bertz CT molecular complexity index is 809. The van der Waals surface area contributed by atoms with Crippen LogP contribution in [0.1, 0.15) is 5.56 Å². The fraction of sp³-hybridized carbons (Fsp3) is 0.0769. The van der Waals surface area contributed by atoms with Crippen LogP contribution < -0.4 is 5.69 Å². The molecule has 0 saturated heterocycles. The van der Waals surface area contributed by atoms with E-state index in [1.807, 2.05) is 0 Å². The maximum atomic E-state index is 13.3. The fourth-order valence-electron chi connectivity index (χ4n) is 1.88. The van der Waals surface area contributed by atoms with Crippen LogP contribution in [0.15, 0.2) is 47.4 Å². The average molecular weight is 278 g/mol. The van der Waals surface area contributed by atoms with E-state index in [0.717, 1.165) is 0 Å². The predicted molar refractivity (Wildman–Crippen MR) is 70.0 cm³/mol. The molecule has 0 aliphatic rings. The molecule has 0 N–H and O–H groups in total. The highest BCUT2D eigenvalue weighted by Crippen LogP contribution is 2.15. The summed E-state index contributed by atoms with van der Waals surface area (Å²) in [5, 5.41) is 4.23. The molecule has 2 aromatic heterocycles. The molecular formula is C13H9ClFN3O. The van der Waals surface area contributed by atoms with Crippen molar-refractivity contribution in [2.45, 2.75) is 6.54 Å². The van der Waals surface area contributed by atoms with Crippen LogP contribution in [-0.2, 0) is 6.54 Å². The van der Waals surface area contributed by atoms with Gasteiger partial charge in [-0.1, -0.05) is 23.7 Å². The Morgan fingerprint density at radius 3 is 2.84 bits per heavy atom. The van der Waals surface area contributed by atoms with Crippen LogP contribution in [0.5, 0.6) is 0 Å². The second-order valence-electron chi connectivity index (χ2n) is 4.12. The number of hydrogen-bond acceptors (Lipinski definition) is 2. The Hall–Kier alpha value is -2.14. The monoisotopic (exact) mass is 277 g/mol. The molecular weight excluding hydrogens is 269 g/mol. The zero-order valence-corrected chi connectivity index (χ0v) is 10.5. The summed E-state index contributed by atoms with van der Waals surface area (Å²) in [5.41, 5.74) is 0.931. The van der Waals surface area contributed by atoms with Gasteiger partial charge in [0.25, 0.3) is 0 Å². The van der Waals surface area contributed by atoms with E-state index in [0.29, 0.717) is 11.2 Å². The molecule has 0 amide bonds. The minimum absolute atomic E-state index is 0.0612. The van der Waals surface area contributed by atoms with Crippen LogP contribution in [0.4, 0.5) is 4.39 Å². The molecule has 0 unspecified atom stereocenters. The molecule has 2 heterocycles. The van der Waals surface area contributed by atoms with Gasteiger partial charge in [-0.3, -0.25) is 4.40 Å². The summed E-state index contributed by atoms with van der Waals surface area (Å²) in [6.07, 6.45) is 1.64. The van der Waals surface area contributed by atoms with Gasteiger partial charge in [-0.15, -0.1) is 5.10 Å². The molecule has 0 bridgehead atoms. The quantitative estimate of drug-likeness (QED) is 0.721. The molecule has 3 aromatic rings. The summed E-state index contributed by atoms with van der Waals surface area (Å²) < 4.78 is 16.1. The predicted octanol–water partition coefficient (Wildman–Crippen LogP) is 2.34. The number of aromatic nitrogens is 3. The Balaban J connectivity index is 2.03. The van der Waals surface area contributed by atoms with E-state index >= 15 is 0 Å².